The lowest BCUT2D eigenvalue weighted by Crippen LogP contribution is -2.38. The second kappa shape index (κ2) is 8.81. The summed E-state index contributed by atoms with van der Waals surface area (Å²) >= 11 is 0. The summed E-state index contributed by atoms with van der Waals surface area (Å²) in [5.41, 5.74) is 6.03. The number of primary amides is 1. The number of aryl methyl sites for hydroxylation is 1. The van der Waals surface area contributed by atoms with Crippen molar-refractivity contribution in [2.45, 2.75) is 6.92 Å². The number of carbonyl (C=O) groups is 2. The number of aromatic amines is 1. The van der Waals surface area contributed by atoms with E-state index in [9.17, 15) is 19.5 Å². The van der Waals surface area contributed by atoms with Crippen molar-refractivity contribution in [2.75, 3.05) is 25.2 Å². The number of ketones is 1. The number of amides is 2. The molecule has 4 N–H and O–H groups in total. The van der Waals surface area contributed by atoms with Gasteiger partial charge in [-0.2, -0.15) is 0 Å². The molecule has 1 aromatic heterocycles. The van der Waals surface area contributed by atoms with Gasteiger partial charge in [0.05, 0.1) is 13.2 Å². The number of hydrogen-bond acceptors (Lipinski definition) is 5. The summed E-state index contributed by atoms with van der Waals surface area (Å²) < 4.78 is 4.97. The van der Waals surface area contributed by atoms with Crippen molar-refractivity contribution in [3.63, 3.8) is 0 Å². The lowest BCUT2D eigenvalue weighted by atomic mass is 10.1. The molecule has 0 saturated carbocycles. The molecular formula is C19H21N3O5. The minimum Gasteiger partial charge on any atom is -0.507 e. The number of aromatic hydroxyl groups is 1. The predicted molar refractivity (Wildman–Crippen MR) is 102 cm³/mol. The molecule has 0 bridgehead atoms. The first-order chi connectivity index (χ1) is 12.8. The van der Waals surface area contributed by atoms with Gasteiger partial charge in [0.2, 0.25) is 0 Å². The van der Waals surface area contributed by atoms with Gasteiger partial charge in [-0.15, -0.1) is 0 Å². The molecular weight excluding hydrogens is 350 g/mol. The quantitative estimate of drug-likeness (QED) is 0.505. The molecule has 0 unspecified atom stereocenters. The number of carbonyl (C=O) groups excluding carboxylic acids is 2. The first-order valence-corrected chi connectivity index (χ1v) is 8.14. The number of nitrogens with two attached hydrogens (primary N) is 1. The zero-order valence-corrected chi connectivity index (χ0v) is 15.1. The van der Waals surface area contributed by atoms with Gasteiger partial charge in [0.15, 0.2) is 5.78 Å². The van der Waals surface area contributed by atoms with Gasteiger partial charge in [0.1, 0.15) is 11.3 Å². The number of rotatable bonds is 7. The normalized spacial score (nSPS) is 10.9. The van der Waals surface area contributed by atoms with Crippen LogP contribution < -0.4 is 16.2 Å². The Balaban J connectivity index is 2.26. The monoisotopic (exact) mass is 371 g/mol. The molecule has 0 radical (unpaired) electrons. The Hall–Kier alpha value is -3.39. The molecule has 8 nitrogen and oxygen atoms in total. The molecule has 27 heavy (non-hydrogen) atoms. The number of allylic oxidation sites excluding steroid dienone is 1. The number of anilines is 1. The van der Waals surface area contributed by atoms with Gasteiger partial charge < -0.3 is 20.6 Å². The largest absolute Gasteiger partial charge is 0.507 e. The highest BCUT2D eigenvalue weighted by Gasteiger charge is 2.15. The van der Waals surface area contributed by atoms with Gasteiger partial charge >= 0.3 is 6.03 Å². The maximum Gasteiger partial charge on any atom is 0.319 e. The second-order valence-corrected chi connectivity index (χ2v) is 5.82. The van der Waals surface area contributed by atoms with Crippen LogP contribution in [0.4, 0.5) is 10.5 Å². The highest BCUT2D eigenvalue weighted by atomic mass is 16.5. The maximum atomic E-state index is 12.3. The van der Waals surface area contributed by atoms with Crippen LogP contribution in [0.3, 0.4) is 0 Å². The number of nitrogens with one attached hydrogen (secondary N) is 1. The standard InChI is InChI=1S/C19H21N3O5/c1-12-10-16(24)17(18(25)21-12)15(23)7-6-13-4-3-5-14(11-13)22(19(20)26)8-9-27-2/h3-7,10-11H,8-9H2,1-2H3,(H2,20,26)(H2,21,24,25)/b7-6+. The third-order valence-electron chi connectivity index (χ3n) is 3.79. The van der Waals surface area contributed by atoms with Crippen LogP contribution in [-0.4, -0.2) is 42.2 Å². The van der Waals surface area contributed by atoms with Crippen molar-refractivity contribution >= 4 is 23.6 Å². The minimum absolute atomic E-state index is 0.282. The van der Waals surface area contributed by atoms with Crippen LogP contribution in [0.15, 0.2) is 41.2 Å². The number of ether oxygens (including phenoxy) is 1. The Morgan fingerprint density at radius 3 is 2.70 bits per heavy atom. The number of H-pyrrole nitrogens is 1. The zero-order chi connectivity index (χ0) is 20.0. The highest BCUT2D eigenvalue weighted by molar-refractivity contribution is 6.08. The third kappa shape index (κ3) is 5.05. The van der Waals surface area contributed by atoms with E-state index < -0.39 is 17.4 Å². The van der Waals surface area contributed by atoms with Gasteiger partial charge in [-0.3, -0.25) is 14.5 Å². The molecule has 0 saturated heterocycles. The van der Waals surface area contributed by atoms with Crippen molar-refractivity contribution < 1.29 is 19.4 Å². The van der Waals surface area contributed by atoms with Crippen LogP contribution in [0.2, 0.25) is 0 Å². The van der Waals surface area contributed by atoms with E-state index in [4.69, 9.17) is 10.5 Å². The molecule has 0 atom stereocenters. The molecule has 8 heteroatoms. The van der Waals surface area contributed by atoms with Crippen LogP contribution in [0.25, 0.3) is 6.08 Å². The summed E-state index contributed by atoms with van der Waals surface area (Å²) in [5, 5.41) is 9.86. The molecule has 2 amide bonds. The third-order valence-corrected chi connectivity index (χ3v) is 3.79. The number of benzene rings is 1. The average molecular weight is 371 g/mol. The van der Waals surface area contributed by atoms with E-state index >= 15 is 0 Å². The van der Waals surface area contributed by atoms with Crippen molar-refractivity contribution in [2.24, 2.45) is 5.73 Å². The van der Waals surface area contributed by atoms with E-state index in [2.05, 4.69) is 4.98 Å². The summed E-state index contributed by atoms with van der Waals surface area (Å²) in [6, 6.07) is 7.49. The smallest absolute Gasteiger partial charge is 0.319 e. The molecule has 0 aliphatic rings. The van der Waals surface area contributed by atoms with Crippen LogP contribution in [-0.2, 0) is 4.74 Å². The molecule has 1 heterocycles. The lowest BCUT2D eigenvalue weighted by Gasteiger charge is -2.20. The van der Waals surface area contributed by atoms with Crippen LogP contribution >= 0.6 is 0 Å². The summed E-state index contributed by atoms with van der Waals surface area (Å²) in [6.45, 7) is 2.20. The molecule has 1 aromatic carbocycles. The van der Waals surface area contributed by atoms with Crippen LogP contribution in [0.5, 0.6) is 5.75 Å². The fourth-order valence-electron chi connectivity index (χ4n) is 2.51. The van der Waals surface area contributed by atoms with E-state index in [1.807, 2.05) is 0 Å². The zero-order valence-electron chi connectivity index (χ0n) is 15.1. The second-order valence-electron chi connectivity index (χ2n) is 5.82. The van der Waals surface area contributed by atoms with Crippen molar-refractivity contribution in [3.05, 3.63) is 63.6 Å². The Bertz CT molecular complexity index is 933. The van der Waals surface area contributed by atoms with Gasteiger partial charge in [-0.1, -0.05) is 18.2 Å². The summed E-state index contributed by atoms with van der Waals surface area (Å²) in [5.74, 6) is -1.01. The topological polar surface area (TPSA) is 126 Å². The molecule has 0 aliphatic heterocycles. The minimum atomic E-state index is -0.657. The predicted octanol–water partition coefficient (Wildman–Crippen LogP) is 1.82. The van der Waals surface area contributed by atoms with Gasteiger partial charge in [0.25, 0.3) is 5.56 Å². The molecule has 0 fully saturated rings. The number of methoxy groups -OCH3 is 1. The number of nitrogens with zero attached hydrogens (tertiary/aromatic N) is 1. The molecule has 0 aliphatic carbocycles. The Morgan fingerprint density at radius 2 is 2.07 bits per heavy atom. The molecule has 2 rings (SSSR count). The summed E-state index contributed by atoms with van der Waals surface area (Å²) in [7, 11) is 1.52. The van der Waals surface area contributed by atoms with Gasteiger partial charge in [-0.25, -0.2) is 4.79 Å². The molecule has 0 spiro atoms. The SMILES string of the molecule is COCCN(C(N)=O)c1cccc(/C=C/C(=O)c2c(O)cc(C)[nH]c2=O)c1. The average Bonchev–Trinajstić information content (AvgIpc) is 2.59. The first kappa shape index (κ1) is 19.9. The van der Waals surface area contributed by atoms with E-state index in [1.54, 1.807) is 31.2 Å². The van der Waals surface area contributed by atoms with Crippen molar-refractivity contribution in [1.29, 1.82) is 0 Å². The van der Waals surface area contributed by atoms with Crippen LogP contribution in [0, 0.1) is 6.92 Å². The van der Waals surface area contributed by atoms with Crippen LogP contribution in [0.1, 0.15) is 21.6 Å². The van der Waals surface area contributed by atoms with E-state index in [0.717, 1.165) is 0 Å². The number of pyridine rings is 1. The van der Waals surface area contributed by atoms with Crippen molar-refractivity contribution in [1.82, 2.24) is 4.98 Å². The fraction of sp³-hybridized carbons (Fsp3) is 0.211. The fourth-order valence-corrected chi connectivity index (χ4v) is 2.51. The van der Waals surface area contributed by atoms with E-state index in [0.29, 0.717) is 23.6 Å². The van der Waals surface area contributed by atoms with Crippen molar-refractivity contribution in [3.8, 4) is 5.75 Å². The first-order valence-electron chi connectivity index (χ1n) is 8.14. The maximum absolute atomic E-state index is 12.3. The lowest BCUT2D eigenvalue weighted by molar-refractivity contribution is 0.104. The van der Waals surface area contributed by atoms with E-state index in [-0.39, 0.29) is 17.9 Å². The Labute approximate surface area is 155 Å². The number of aromatic nitrogens is 1. The Kier molecular flexibility index (Phi) is 6.51. The van der Waals surface area contributed by atoms with Gasteiger partial charge in [-0.05, 0) is 36.8 Å². The van der Waals surface area contributed by atoms with E-state index in [1.165, 1.54) is 30.2 Å². The summed E-state index contributed by atoms with van der Waals surface area (Å²) in [4.78, 5) is 39.6. The van der Waals surface area contributed by atoms with Gasteiger partial charge in [0, 0.05) is 18.5 Å². The number of urea groups is 1. The molecule has 2 aromatic rings. The molecule has 142 valence electrons. The number of hydrogen-bond donors (Lipinski definition) is 3. The summed E-state index contributed by atoms with van der Waals surface area (Å²) in [6.07, 6.45) is 2.67. The highest BCUT2D eigenvalue weighted by Crippen LogP contribution is 2.18. The Morgan fingerprint density at radius 1 is 1.33 bits per heavy atom.